The molecule has 0 aromatic rings. The van der Waals surface area contributed by atoms with Gasteiger partial charge in [0, 0.05) is 12.2 Å². The van der Waals surface area contributed by atoms with Crippen LogP contribution in [0.5, 0.6) is 0 Å². The van der Waals surface area contributed by atoms with E-state index in [2.05, 4.69) is 4.74 Å². The Labute approximate surface area is 62.5 Å². The fourth-order valence-corrected chi connectivity index (χ4v) is 0.291. The highest BCUT2D eigenvalue weighted by Crippen LogP contribution is 1.80. The van der Waals surface area contributed by atoms with E-state index in [9.17, 15) is 9.59 Å². The molecule has 0 heterocycles. The Hall–Kier alpha value is -1.83. The third kappa shape index (κ3) is 6.05. The minimum atomic E-state index is -1.24. The maximum atomic E-state index is 10.4. The van der Waals surface area contributed by atoms with Crippen LogP contribution in [-0.2, 0) is 14.3 Å². The molecular weight excluding hydrogens is 150 g/mol. The molecule has 0 rings (SSSR count). The van der Waals surface area contributed by atoms with Gasteiger partial charge in [-0.1, -0.05) is 0 Å². The molecule has 0 atom stereocenters. The lowest BCUT2D eigenvalue weighted by Crippen LogP contribution is -2.01. The van der Waals surface area contributed by atoms with Crippen molar-refractivity contribution in [2.75, 3.05) is 6.61 Å². The molecule has 0 saturated carbocycles. The van der Waals surface area contributed by atoms with E-state index in [0.29, 0.717) is 6.08 Å². The summed E-state index contributed by atoms with van der Waals surface area (Å²) in [5.41, 5.74) is 0. The normalized spacial score (nSPS) is 9.00. The lowest BCUT2D eigenvalue weighted by atomic mass is 10.5. The van der Waals surface area contributed by atoms with Gasteiger partial charge in [-0.05, 0) is 0 Å². The lowest BCUT2D eigenvalue weighted by molar-refractivity contribution is -0.137. The summed E-state index contributed by atoms with van der Waals surface area (Å²) in [4.78, 5) is 20.2. The zero-order chi connectivity index (χ0) is 8.69. The summed E-state index contributed by atoms with van der Waals surface area (Å²) in [5.74, 6) is -2.08. The van der Waals surface area contributed by atoms with Crippen molar-refractivity contribution >= 4 is 11.9 Å². The second kappa shape index (κ2) is 4.99. The van der Waals surface area contributed by atoms with Gasteiger partial charge < -0.3 is 9.84 Å². The third-order valence-electron chi connectivity index (χ3n) is 0.641. The van der Waals surface area contributed by atoms with E-state index in [1.165, 1.54) is 0 Å². The fourth-order valence-electron chi connectivity index (χ4n) is 0.291. The second-order valence-electron chi connectivity index (χ2n) is 1.44. The van der Waals surface area contributed by atoms with Crippen LogP contribution in [0.4, 0.5) is 0 Å². The Morgan fingerprint density at radius 3 is 2.64 bits per heavy atom. The minimum absolute atomic E-state index is 0.372. The molecule has 0 unspecified atom stereocenters. The van der Waals surface area contributed by atoms with Crippen LogP contribution in [0.2, 0.25) is 0 Å². The van der Waals surface area contributed by atoms with Crippen molar-refractivity contribution in [3.8, 4) is 6.07 Å². The van der Waals surface area contributed by atoms with Crippen LogP contribution in [0.15, 0.2) is 12.2 Å². The van der Waals surface area contributed by atoms with Crippen molar-refractivity contribution in [3.05, 3.63) is 12.2 Å². The average molecular weight is 155 g/mol. The Morgan fingerprint density at radius 2 is 2.18 bits per heavy atom. The number of aliphatic carboxylic acids is 1. The number of ether oxygens (including phenoxy) is 1. The molecule has 0 aromatic carbocycles. The van der Waals surface area contributed by atoms with Crippen molar-refractivity contribution < 1.29 is 19.4 Å². The summed E-state index contributed by atoms with van der Waals surface area (Å²) >= 11 is 0. The smallest absolute Gasteiger partial charge is 0.332 e. The van der Waals surface area contributed by atoms with Crippen LogP contribution in [0.3, 0.4) is 0 Å². The monoisotopic (exact) mass is 155 g/mol. The van der Waals surface area contributed by atoms with E-state index in [-0.39, 0.29) is 6.61 Å². The van der Waals surface area contributed by atoms with Crippen LogP contribution in [0.1, 0.15) is 0 Å². The van der Waals surface area contributed by atoms with Gasteiger partial charge in [-0.15, -0.1) is 0 Å². The van der Waals surface area contributed by atoms with E-state index in [1.54, 1.807) is 6.07 Å². The number of esters is 1. The predicted octanol–water partition coefficient (Wildman–Crippen LogP) is -0.306. The van der Waals surface area contributed by atoms with E-state index < -0.39 is 11.9 Å². The molecule has 0 amide bonds. The molecule has 5 nitrogen and oxygen atoms in total. The molecule has 5 heteroatoms. The molecule has 0 spiro atoms. The van der Waals surface area contributed by atoms with Crippen LogP contribution >= 0.6 is 0 Å². The Kier molecular flexibility index (Phi) is 4.16. The molecule has 0 fully saturated rings. The minimum Gasteiger partial charge on any atom is -0.478 e. The first-order valence-electron chi connectivity index (χ1n) is 2.61. The molecule has 0 aliphatic heterocycles. The first kappa shape index (κ1) is 9.17. The number of hydrogen-bond donors (Lipinski definition) is 1. The summed E-state index contributed by atoms with van der Waals surface area (Å²) in [6.07, 6.45) is 1.37. The highest BCUT2D eigenvalue weighted by molar-refractivity contribution is 5.90. The topological polar surface area (TPSA) is 87.4 Å². The van der Waals surface area contributed by atoms with Gasteiger partial charge in [0.05, 0.1) is 0 Å². The number of carbonyl (C=O) groups excluding carboxylic acids is 1. The van der Waals surface area contributed by atoms with Gasteiger partial charge in [0.15, 0.2) is 6.61 Å². The van der Waals surface area contributed by atoms with Crippen molar-refractivity contribution in [1.82, 2.24) is 0 Å². The summed E-state index contributed by atoms with van der Waals surface area (Å²) in [7, 11) is 0. The van der Waals surface area contributed by atoms with Crippen molar-refractivity contribution in [2.45, 2.75) is 0 Å². The standard InChI is InChI=1S/C6H5NO4/c7-3-4-11-6(10)2-1-5(8)9/h1-2H,4H2,(H,8,9)/b2-1-. The van der Waals surface area contributed by atoms with E-state index in [0.717, 1.165) is 6.08 Å². The molecule has 0 bridgehead atoms. The van der Waals surface area contributed by atoms with Crippen LogP contribution in [0, 0.1) is 11.3 Å². The maximum Gasteiger partial charge on any atom is 0.332 e. The number of carbonyl (C=O) groups is 2. The van der Waals surface area contributed by atoms with Gasteiger partial charge in [-0.3, -0.25) is 0 Å². The van der Waals surface area contributed by atoms with E-state index in [1.807, 2.05) is 0 Å². The van der Waals surface area contributed by atoms with Crippen LogP contribution < -0.4 is 0 Å². The summed E-state index contributed by atoms with van der Waals surface area (Å²) in [6.45, 7) is -0.372. The number of carboxylic acid groups (broad SMARTS) is 1. The van der Waals surface area contributed by atoms with Crippen molar-refractivity contribution in [3.63, 3.8) is 0 Å². The number of rotatable bonds is 3. The highest BCUT2D eigenvalue weighted by Gasteiger charge is 1.95. The predicted molar refractivity (Wildman–Crippen MR) is 33.3 cm³/mol. The van der Waals surface area contributed by atoms with Gasteiger partial charge in [-0.25, -0.2) is 9.59 Å². The summed E-state index contributed by atoms with van der Waals surface area (Å²) in [5, 5.41) is 16.0. The average Bonchev–Trinajstić information content (AvgIpc) is 1.97. The summed E-state index contributed by atoms with van der Waals surface area (Å²) < 4.78 is 4.19. The van der Waals surface area contributed by atoms with Gasteiger partial charge in [0.1, 0.15) is 6.07 Å². The van der Waals surface area contributed by atoms with Gasteiger partial charge in [-0.2, -0.15) is 5.26 Å². The van der Waals surface area contributed by atoms with Crippen molar-refractivity contribution in [2.24, 2.45) is 0 Å². The number of nitrogens with zero attached hydrogens (tertiary/aromatic N) is 1. The number of nitriles is 1. The molecule has 0 saturated heterocycles. The molecule has 1 N–H and O–H groups in total. The first-order chi connectivity index (χ1) is 5.16. The van der Waals surface area contributed by atoms with Crippen molar-refractivity contribution in [1.29, 1.82) is 5.26 Å². The van der Waals surface area contributed by atoms with Crippen LogP contribution in [0.25, 0.3) is 0 Å². The SMILES string of the molecule is N#CCOC(=O)/C=C\C(=O)O. The molecule has 0 aromatic heterocycles. The highest BCUT2D eigenvalue weighted by atomic mass is 16.5. The van der Waals surface area contributed by atoms with Crippen LogP contribution in [-0.4, -0.2) is 23.7 Å². The molecule has 0 aliphatic carbocycles. The fraction of sp³-hybridized carbons (Fsp3) is 0.167. The molecule has 11 heavy (non-hydrogen) atoms. The van der Waals surface area contributed by atoms with Gasteiger partial charge in [0.2, 0.25) is 0 Å². The summed E-state index contributed by atoms with van der Waals surface area (Å²) in [6, 6.07) is 1.56. The molecule has 58 valence electrons. The quantitative estimate of drug-likeness (QED) is 0.446. The molecule has 0 radical (unpaired) electrons. The first-order valence-corrected chi connectivity index (χ1v) is 2.61. The zero-order valence-electron chi connectivity index (χ0n) is 5.48. The Bertz CT molecular complexity index is 225. The second-order valence-corrected chi connectivity index (χ2v) is 1.44. The molecular formula is C6H5NO4. The third-order valence-corrected chi connectivity index (χ3v) is 0.641. The Balaban J connectivity index is 3.71. The van der Waals surface area contributed by atoms with E-state index >= 15 is 0 Å². The lowest BCUT2D eigenvalue weighted by Gasteiger charge is -1.90. The zero-order valence-corrected chi connectivity index (χ0v) is 5.48. The van der Waals surface area contributed by atoms with Gasteiger partial charge in [0.25, 0.3) is 0 Å². The molecule has 0 aliphatic rings. The maximum absolute atomic E-state index is 10.4. The Morgan fingerprint density at radius 1 is 1.55 bits per heavy atom. The van der Waals surface area contributed by atoms with Gasteiger partial charge >= 0.3 is 11.9 Å². The largest absolute Gasteiger partial charge is 0.478 e. The van der Waals surface area contributed by atoms with E-state index in [4.69, 9.17) is 10.4 Å². The number of hydrogen-bond acceptors (Lipinski definition) is 4. The number of carboxylic acids is 1.